The van der Waals surface area contributed by atoms with E-state index in [1.165, 1.54) is 6.07 Å². The molecule has 0 atom stereocenters. The summed E-state index contributed by atoms with van der Waals surface area (Å²) in [5.41, 5.74) is 5.27. The highest BCUT2D eigenvalue weighted by Crippen LogP contribution is 2.21. The molecule has 0 saturated carbocycles. The first-order chi connectivity index (χ1) is 14.0. The molecule has 0 aliphatic heterocycles. The minimum absolute atomic E-state index is 0.0490. The second-order valence-corrected chi connectivity index (χ2v) is 7.19. The minimum atomic E-state index is -0.590. The fraction of sp³-hybridized carbons (Fsp3) is 0.100. The van der Waals surface area contributed by atoms with Crippen molar-refractivity contribution in [2.24, 2.45) is 0 Å². The van der Waals surface area contributed by atoms with Crippen molar-refractivity contribution >= 4 is 39.5 Å². The molecule has 3 N–H and O–H groups in total. The molecule has 3 amide bonds. The van der Waals surface area contributed by atoms with E-state index in [1.807, 2.05) is 36.4 Å². The van der Waals surface area contributed by atoms with Crippen LogP contribution in [0.15, 0.2) is 69.6 Å². The summed E-state index contributed by atoms with van der Waals surface area (Å²) < 4.78 is 11.8. The molecule has 1 aromatic heterocycles. The van der Waals surface area contributed by atoms with Crippen molar-refractivity contribution in [1.29, 1.82) is 0 Å². The molecule has 1 heterocycles. The maximum absolute atomic E-state index is 12.1. The number of ether oxygens (including phenoxy) is 1. The molecule has 0 spiro atoms. The van der Waals surface area contributed by atoms with Crippen LogP contribution in [0.1, 0.15) is 21.9 Å². The molecule has 0 aliphatic rings. The summed E-state index contributed by atoms with van der Waals surface area (Å²) in [5.74, 6) is 0.633. The molecule has 0 fully saturated rings. The summed E-state index contributed by atoms with van der Waals surface area (Å²) in [7, 11) is 0. The third kappa shape index (κ3) is 6.27. The Balaban J connectivity index is 1.43. The molecule has 150 valence electrons. The van der Waals surface area contributed by atoms with Gasteiger partial charge in [0.25, 0.3) is 0 Å². The molecule has 0 aliphatic carbocycles. The lowest BCUT2D eigenvalue weighted by Crippen LogP contribution is -2.46. The Morgan fingerprint density at radius 1 is 1.03 bits per heavy atom. The Labute approximate surface area is 180 Å². The van der Waals surface area contributed by atoms with Gasteiger partial charge >= 0.3 is 11.9 Å². The smallest absolute Gasteiger partial charge is 0.333 e. The van der Waals surface area contributed by atoms with Crippen molar-refractivity contribution in [3.63, 3.8) is 0 Å². The van der Waals surface area contributed by atoms with Gasteiger partial charge in [-0.15, -0.1) is 0 Å². The number of furan rings is 1. The first-order valence-electron chi connectivity index (χ1n) is 8.56. The fourth-order valence-electron chi connectivity index (χ4n) is 2.31. The minimum Gasteiger partial charge on any atom is -0.486 e. The van der Waals surface area contributed by atoms with Gasteiger partial charge in [-0.2, -0.15) is 0 Å². The number of para-hydroxylation sites is 1. The van der Waals surface area contributed by atoms with Gasteiger partial charge in [-0.3, -0.25) is 10.2 Å². The summed E-state index contributed by atoms with van der Waals surface area (Å²) in [6.45, 7) is 0.384. The maximum atomic E-state index is 12.1. The molecule has 0 unspecified atom stereocenters. The van der Waals surface area contributed by atoms with E-state index in [2.05, 4.69) is 32.1 Å². The second kappa shape index (κ2) is 9.99. The highest BCUT2D eigenvalue weighted by Gasteiger charge is 2.13. The van der Waals surface area contributed by atoms with Crippen LogP contribution in [0.3, 0.4) is 0 Å². The van der Waals surface area contributed by atoms with E-state index in [1.54, 1.807) is 18.2 Å². The number of amides is 3. The number of nitrogens with one attached hydrogen (secondary N) is 3. The third-order valence-electron chi connectivity index (χ3n) is 3.75. The number of rotatable bonds is 6. The Bertz CT molecular complexity index is 994. The summed E-state index contributed by atoms with van der Waals surface area (Å²) >= 11 is 9.41. The Hall–Kier alpha value is -2.97. The number of carbonyl (C=O) groups excluding carboxylic acids is 2. The number of hydrogen-bond acceptors (Lipinski definition) is 4. The lowest BCUT2D eigenvalue weighted by atomic mass is 10.2. The van der Waals surface area contributed by atoms with Gasteiger partial charge in [-0.25, -0.2) is 10.2 Å². The van der Waals surface area contributed by atoms with Crippen LogP contribution >= 0.6 is 27.5 Å². The highest BCUT2D eigenvalue weighted by molar-refractivity contribution is 9.10. The average Bonchev–Trinajstić information content (AvgIpc) is 3.20. The second-order valence-electron chi connectivity index (χ2n) is 5.87. The van der Waals surface area contributed by atoms with Crippen molar-refractivity contribution in [2.75, 3.05) is 0 Å². The van der Waals surface area contributed by atoms with Gasteiger partial charge in [0.15, 0.2) is 5.76 Å². The molecule has 0 radical (unpaired) electrons. The van der Waals surface area contributed by atoms with Crippen LogP contribution < -0.4 is 20.9 Å². The van der Waals surface area contributed by atoms with E-state index < -0.39 is 11.9 Å². The van der Waals surface area contributed by atoms with Gasteiger partial charge in [-0.1, -0.05) is 51.8 Å². The number of urea groups is 1. The number of benzene rings is 2. The maximum Gasteiger partial charge on any atom is 0.333 e. The Kier molecular flexibility index (Phi) is 7.15. The molecule has 29 heavy (non-hydrogen) atoms. The molecule has 3 rings (SSSR count). The Morgan fingerprint density at radius 3 is 2.59 bits per heavy atom. The van der Waals surface area contributed by atoms with E-state index in [4.69, 9.17) is 20.8 Å². The van der Waals surface area contributed by atoms with Crippen molar-refractivity contribution in [3.8, 4) is 5.75 Å². The van der Waals surface area contributed by atoms with Crippen LogP contribution in [-0.2, 0) is 13.2 Å². The normalized spacial score (nSPS) is 10.3. The number of hydrazine groups is 1. The zero-order valence-corrected chi connectivity index (χ0v) is 17.4. The summed E-state index contributed by atoms with van der Waals surface area (Å²) in [6.07, 6.45) is 0. The predicted molar refractivity (Wildman–Crippen MR) is 111 cm³/mol. The molecule has 9 heteroatoms. The van der Waals surface area contributed by atoms with E-state index in [0.29, 0.717) is 16.5 Å². The molecular weight excluding hydrogens is 462 g/mol. The average molecular weight is 479 g/mol. The zero-order chi connectivity index (χ0) is 20.6. The van der Waals surface area contributed by atoms with E-state index in [0.717, 1.165) is 10.0 Å². The van der Waals surface area contributed by atoms with Crippen LogP contribution in [-0.4, -0.2) is 11.9 Å². The van der Waals surface area contributed by atoms with Crippen molar-refractivity contribution < 1.29 is 18.7 Å². The lowest BCUT2D eigenvalue weighted by Gasteiger charge is -2.09. The summed E-state index contributed by atoms with van der Waals surface area (Å²) in [4.78, 5) is 23.9. The standard InChI is InChI=1S/C20H17BrClN3O4/c21-14-7-6-13(17(22)10-14)11-23-20(27)25-24-19(26)18-9-8-16(29-18)12-28-15-4-2-1-3-5-15/h1-10H,11-12H2,(H,24,26)(H2,23,25,27). The lowest BCUT2D eigenvalue weighted by molar-refractivity contribution is 0.0904. The van der Waals surface area contributed by atoms with Crippen LogP contribution in [0.4, 0.5) is 4.79 Å². The van der Waals surface area contributed by atoms with E-state index in [9.17, 15) is 9.59 Å². The van der Waals surface area contributed by atoms with Gasteiger partial charge in [-0.05, 0) is 42.0 Å². The van der Waals surface area contributed by atoms with Crippen molar-refractivity contribution in [1.82, 2.24) is 16.2 Å². The molecular formula is C20H17BrClN3O4. The van der Waals surface area contributed by atoms with Crippen LogP contribution in [0, 0.1) is 0 Å². The summed E-state index contributed by atoms with van der Waals surface area (Å²) in [6, 6.07) is 17.1. The molecule has 2 aromatic carbocycles. The molecule has 3 aromatic rings. The molecule has 7 nitrogen and oxygen atoms in total. The zero-order valence-electron chi connectivity index (χ0n) is 15.1. The molecule has 0 bridgehead atoms. The first-order valence-corrected chi connectivity index (χ1v) is 9.73. The largest absolute Gasteiger partial charge is 0.486 e. The summed E-state index contributed by atoms with van der Waals surface area (Å²) in [5, 5.41) is 3.11. The van der Waals surface area contributed by atoms with Gasteiger partial charge in [0, 0.05) is 16.0 Å². The van der Waals surface area contributed by atoms with Gasteiger partial charge < -0.3 is 14.5 Å². The van der Waals surface area contributed by atoms with E-state index in [-0.39, 0.29) is 18.9 Å². The van der Waals surface area contributed by atoms with Gasteiger partial charge in [0.2, 0.25) is 0 Å². The topological polar surface area (TPSA) is 92.6 Å². The third-order valence-corrected chi connectivity index (χ3v) is 4.60. The van der Waals surface area contributed by atoms with Crippen molar-refractivity contribution in [3.05, 3.63) is 87.2 Å². The number of hydrogen-bond donors (Lipinski definition) is 3. The SMILES string of the molecule is O=C(NCc1ccc(Br)cc1Cl)NNC(=O)c1ccc(COc2ccccc2)o1. The highest BCUT2D eigenvalue weighted by atomic mass is 79.9. The molecule has 0 saturated heterocycles. The number of halogens is 2. The van der Waals surface area contributed by atoms with Crippen LogP contribution in [0.25, 0.3) is 0 Å². The van der Waals surface area contributed by atoms with Gasteiger partial charge in [0.1, 0.15) is 18.1 Å². The van der Waals surface area contributed by atoms with Crippen LogP contribution in [0.5, 0.6) is 5.75 Å². The fourth-order valence-corrected chi connectivity index (χ4v) is 3.05. The van der Waals surface area contributed by atoms with Gasteiger partial charge in [0.05, 0.1) is 0 Å². The quantitative estimate of drug-likeness (QED) is 0.457. The van der Waals surface area contributed by atoms with E-state index >= 15 is 0 Å². The Morgan fingerprint density at radius 2 is 1.83 bits per heavy atom. The predicted octanol–water partition coefficient (Wildman–Crippen LogP) is 4.42. The monoisotopic (exact) mass is 477 g/mol. The van der Waals surface area contributed by atoms with Crippen LogP contribution in [0.2, 0.25) is 5.02 Å². The number of carbonyl (C=O) groups is 2. The van der Waals surface area contributed by atoms with Crippen molar-refractivity contribution in [2.45, 2.75) is 13.2 Å². The first kappa shape index (κ1) is 20.8.